The highest BCUT2D eigenvalue weighted by atomic mass is 32.2. The summed E-state index contributed by atoms with van der Waals surface area (Å²) in [5.74, 6) is -0.115. The first-order valence-electron chi connectivity index (χ1n) is 6.29. The van der Waals surface area contributed by atoms with Crippen LogP contribution in [0.15, 0.2) is 23.1 Å². The fourth-order valence-corrected chi connectivity index (χ4v) is 3.13. The third-order valence-electron chi connectivity index (χ3n) is 2.80. The minimum Gasteiger partial charge on any atom is -0.398 e. The number of anilines is 1. The minimum atomic E-state index is -3.78. The molecule has 108 valence electrons. The maximum Gasteiger partial charge on any atom is 0.242 e. The summed E-state index contributed by atoms with van der Waals surface area (Å²) in [6.07, 6.45) is 1.65. The predicted molar refractivity (Wildman–Crippen MR) is 74.7 cm³/mol. The molecule has 0 fully saturated rings. The molecular weight excluding hydrogens is 267 g/mol. The zero-order valence-corrected chi connectivity index (χ0v) is 12.3. The number of nitrogens with one attached hydrogen (secondary N) is 1. The Hall–Kier alpha value is -1.14. The van der Waals surface area contributed by atoms with Crippen LogP contribution < -0.4 is 10.5 Å². The van der Waals surface area contributed by atoms with Gasteiger partial charge in [-0.3, -0.25) is 0 Å². The van der Waals surface area contributed by atoms with Crippen LogP contribution in [0, 0.1) is 11.7 Å². The molecule has 0 radical (unpaired) electrons. The molecule has 6 heteroatoms. The molecule has 1 unspecified atom stereocenters. The maximum absolute atomic E-state index is 13.1. The summed E-state index contributed by atoms with van der Waals surface area (Å²) in [7, 11) is -3.78. The second kappa shape index (κ2) is 6.34. The number of hydrogen-bond donors (Lipinski definition) is 2. The summed E-state index contributed by atoms with van der Waals surface area (Å²) in [6.45, 7) is 5.94. The molecule has 0 aliphatic heterocycles. The van der Waals surface area contributed by atoms with Crippen molar-refractivity contribution in [2.45, 2.75) is 44.6 Å². The topological polar surface area (TPSA) is 72.2 Å². The standard InChI is InChI=1S/C13H21FN2O2S/c1-9(2)4-5-10(3)16-19(17,18)13-8-11(14)6-7-12(13)15/h6-10,16H,4-5,15H2,1-3H3. The van der Waals surface area contributed by atoms with Gasteiger partial charge in [-0.25, -0.2) is 17.5 Å². The Kier molecular flexibility index (Phi) is 5.31. The predicted octanol–water partition coefficient (Wildman–Crippen LogP) is 2.51. The molecule has 1 aromatic rings. The van der Waals surface area contributed by atoms with Crippen molar-refractivity contribution in [3.8, 4) is 0 Å². The van der Waals surface area contributed by atoms with Gasteiger partial charge in [-0.2, -0.15) is 0 Å². The lowest BCUT2D eigenvalue weighted by molar-refractivity contribution is 0.485. The van der Waals surface area contributed by atoms with E-state index in [0.717, 1.165) is 25.0 Å². The van der Waals surface area contributed by atoms with Crippen molar-refractivity contribution >= 4 is 15.7 Å². The number of halogens is 1. The van der Waals surface area contributed by atoms with Crippen molar-refractivity contribution < 1.29 is 12.8 Å². The van der Waals surface area contributed by atoms with Gasteiger partial charge in [0.1, 0.15) is 10.7 Å². The van der Waals surface area contributed by atoms with Crippen LogP contribution in [0.4, 0.5) is 10.1 Å². The number of benzene rings is 1. The summed E-state index contributed by atoms with van der Waals surface area (Å²) in [5.41, 5.74) is 5.63. The van der Waals surface area contributed by atoms with Gasteiger partial charge in [0.25, 0.3) is 0 Å². The number of nitrogens with two attached hydrogens (primary N) is 1. The second-order valence-electron chi connectivity index (χ2n) is 5.18. The lowest BCUT2D eigenvalue weighted by Gasteiger charge is -2.16. The summed E-state index contributed by atoms with van der Waals surface area (Å²) >= 11 is 0. The summed E-state index contributed by atoms with van der Waals surface area (Å²) < 4.78 is 39.8. The molecule has 0 heterocycles. The molecule has 0 aliphatic rings. The molecule has 1 aromatic carbocycles. The molecule has 0 bridgehead atoms. The van der Waals surface area contributed by atoms with E-state index in [0.29, 0.717) is 5.92 Å². The highest BCUT2D eigenvalue weighted by molar-refractivity contribution is 7.89. The fourth-order valence-electron chi connectivity index (χ4n) is 1.71. The molecule has 0 aliphatic carbocycles. The van der Waals surface area contributed by atoms with Crippen LogP contribution in [0.25, 0.3) is 0 Å². The highest BCUT2D eigenvalue weighted by Gasteiger charge is 2.20. The minimum absolute atomic E-state index is 0.0463. The second-order valence-corrected chi connectivity index (χ2v) is 6.86. The van der Waals surface area contributed by atoms with E-state index < -0.39 is 15.8 Å². The van der Waals surface area contributed by atoms with Crippen LogP contribution in [-0.2, 0) is 10.0 Å². The number of nitrogen functional groups attached to an aromatic ring is 1. The van der Waals surface area contributed by atoms with Gasteiger partial charge < -0.3 is 5.73 Å². The Morgan fingerprint density at radius 2 is 1.89 bits per heavy atom. The van der Waals surface area contributed by atoms with Gasteiger partial charge in [0.2, 0.25) is 10.0 Å². The zero-order chi connectivity index (χ0) is 14.6. The van der Waals surface area contributed by atoms with Crippen LogP contribution >= 0.6 is 0 Å². The van der Waals surface area contributed by atoms with Crippen molar-refractivity contribution in [1.82, 2.24) is 4.72 Å². The number of sulfonamides is 1. The van der Waals surface area contributed by atoms with Gasteiger partial charge in [0.05, 0.1) is 5.69 Å². The molecule has 0 spiro atoms. The summed E-state index contributed by atoms with van der Waals surface area (Å²) in [6, 6.07) is 3.11. The van der Waals surface area contributed by atoms with E-state index >= 15 is 0 Å². The molecule has 19 heavy (non-hydrogen) atoms. The molecule has 0 aromatic heterocycles. The van der Waals surface area contributed by atoms with Gasteiger partial charge in [0, 0.05) is 6.04 Å². The van der Waals surface area contributed by atoms with Gasteiger partial charge in [-0.05, 0) is 43.9 Å². The largest absolute Gasteiger partial charge is 0.398 e. The number of hydrogen-bond acceptors (Lipinski definition) is 3. The third-order valence-corrected chi connectivity index (χ3v) is 4.44. The van der Waals surface area contributed by atoms with Gasteiger partial charge >= 0.3 is 0 Å². The van der Waals surface area contributed by atoms with Crippen molar-refractivity contribution in [3.05, 3.63) is 24.0 Å². The summed E-state index contributed by atoms with van der Waals surface area (Å²) in [5, 5.41) is 0. The third kappa shape index (κ3) is 4.80. The Labute approximate surface area is 114 Å². The van der Waals surface area contributed by atoms with Crippen LogP contribution in [0.3, 0.4) is 0 Å². The van der Waals surface area contributed by atoms with Crippen molar-refractivity contribution in [1.29, 1.82) is 0 Å². The molecular formula is C13H21FN2O2S. The van der Waals surface area contributed by atoms with Gasteiger partial charge in [-0.15, -0.1) is 0 Å². The number of rotatable bonds is 6. The highest BCUT2D eigenvalue weighted by Crippen LogP contribution is 2.20. The summed E-state index contributed by atoms with van der Waals surface area (Å²) in [4.78, 5) is -0.205. The Bertz CT molecular complexity index is 529. The molecule has 0 saturated carbocycles. The Balaban J connectivity index is 2.83. The van der Waals surface area contributed by atoms with E-state index in [1.165, 1.54) is 6.07 Å². The molecule has 0 saturated heterocycles. The quantitative estimate of drug-likeness (QED) is 0.790. The van der Waals surface area contributed by atoms with E-state index in [2.05, 4.69) is 18.6 Å². The molecule has 3 N–H and O–H groups in total. The molecule has 1 rings (SSSR count). The maximum atomic E-state index is 13.1. The Morgan fingerprint density at radius 3 is 2.47 bits per heavy atom. The van der Waals surface area contributed by atoms with Crippen LogP contribution in [0.2, 0.25) is 0 Å². The fraction of sp³-hybridized carbons (Fsp3) is 0.538. The monoisotopic (exact) mass is 288 g/mol. The first-order valence-corrected chi connectivity index (χ1v) is 7.78. The molecule has 1 atom stereocenters. The van der Waals surface area contributed by atoms with Crippen LogP contribution in [0.5, 0.6) is 0 Å². The lowest BCUT2D eigenvalue weighted by atomic mass is 10.1. The molecule has 4 nitrogen and oxygen atoms in total. The van der Waals surface area contributed by atoms with E-state index in [9.17, 15) is 12.8 Å². The van der Waals surface area contributed by atoms with Crippen molar-refractivity contribution in [3.63, 3.8) is 0 Å². The van der Waals surface area contributed by atoms with E-state index in [-0.39, 0.29) is 16.6 Å². The van der Waals surface area contributed by atoms with Crippen molar-refractivity contribution in [2.75, 3.05) is 5.73 Å². The van der Waals surface area contributed by atoms with E-state index in [1.54, 1.807) is 6.92 Å². The normalized spacial score (nSPS) is 13.7. The first kappa shape index (κ1) is 15.9. The average Bonchev–Trinajstić information content (AvgIpc) is 2.29. The first-order chi connectivity index (χ1) is 8.72. The smallest absolute Gasteiger partial charge is 0.242 e. The van der Waals surface area contributed by atoms with E-state index in [4.69, 9.17) is 5.73 Å². The van der Waals surface area contributed by atoms with E-state index in [1.807, 2.05) is 0 Å². The molecule has 0 amide bonds. The SMILES string of the molecule is CC(C)CCC(C)NS(=O)(=O)c1cc(F)ccc1N. The average molecular weight is 288 g/mol. The van der Waals surface area contributed by atoms with Crippen LogP contribution in [-0.4, -0.2) is 14.5 Å². The Morgan fingerprint density at radius 1 is 1.26 bits per heavy atom. The van der Waals surface area contributed by atoms with Gasteiger partial charge in [0.15, 0.2) is 0 Å². The zero-order valence-electron chi connectivity index (χ0n) is 11.5. The van der Waals surface area contributed by atoms with Crippen molar-refractivity contribution in [2.24, 2.45) is 5.92 Å². The van der Waals surface area contributed by atoms with Crippen LogP contribution in [0.1, 0.15) is 33.6 Å². The van der Waals surface area contributed by atoms with Gasteiger partial charge in [-0.1, -0.05) is 13.8 Å². The lowest BCUT2D eigenvalue weighted by Crippen LogP contribution is -2.33.